The van der Waals surface area contributed by atoms with Crippen molar-refractivity contribution >= 4 is 17.4 Å². The molecular weight excluding hydrogens is 337 g/mol. The van der Waals surface area contributed by atoms with Gasteiger partial charge in [-0.25, -0.2) is 0 Å². The van der Waals surface area contributed by atoms with Crippen LogP contribution in [0.4, 0.5) is 0 Å². The van der Waals surface area contributed by atoms with Gasteiger partial charge in [-0.2, -0.15) is 0 Å². The van der Waals surface area contributed by atoms with Gasteiger partial charge >= 0.3 is 71.0 Å². The Labute approximate surface area is 86.3 Å². The van der Waals surface area contributed by atoms with Crippen molar-refractivity contribution in [3.8, 4) is 0 Å². The van der Waals surface area contributed by atoms with Gasteiger partial charge in [0.15, 0.2) is 17.4 Å². The zero-order valence-corrected chi connectivity index (χ0v) is 9.22. The van der Waals surface area contributed by atoms with E-state index in [1.165, 1.54) is 0 Å². The van der Waals surface area contributed by atoms with Gasteiger partial charge in [0.1, 0.15) is 0 Å². The molecule has 0 N–H and O–H groups in total. The second-order valence-corrected chi connectivity index (χ2v) is 0. The van der Waals surface area contributed by atoms with Crippen LogP contribution in [-0.4, -0.2) is 17.4 Å². The molecular formula is H3AlLa2O2. The van der Waals surface area contributed by atoms with Crippen LogP contribution in [0.25, 0.3) is 0 Å². The first-order chi connectivity index (χ1) is 2.00. The molecule has 0 heterocycles. The van der Waals surface area contributed by atoms with Crippen molar-refractivity contribution in [2.24, 2.45) is 0 Å². The summed E-state index contributed by atoms with van der Waals surface area (Å²) in [6, 6.07) is 0. The molecule has 0 amide bonds. The minimum atomic E-state index is -0.0833. The zero-order valence-electron chi connectivity index (χ0n) is 1.97. The second kappa shape index (κ2) is 31.3. The topological polar surface area (TPSA) is 34.1 Å². The summed E-state index contributed by atoms with van der Waals surface area (Å²) in [6.45, 7) is 0. The van der Waals surface area contributed by atoms with E-state index >= 15 is 0 Å². The molecule has 0 spiro atoms. The molecule has 0 fully saturated rings. The summed E-state index contributed by atoms with van der Waals surface area (Å²) in [6.07, 6.45) is 0. The average Bonchev–Trinajstić information content (AvgIpc) is 1.50. The molecule has 0 aliphatic heterocycles. The molecule has 0 atom stereocenters. The van der Waals surface area contributed by atoms with Gasteiger partial charge in [-0.1, -0.05) is 0 Å². The molecule has 0 rings (SSSR count). The summed E-state index contributed by atoms with van der Waals surface area (Å²) >= 11 is -0.167. The Morgan fingerprint density at radius 2 is 0.800 bits per heavy atom. The Bertz CT molecular complexity index is 9.61. The van der Waals surface area contributed by atoms with Gasteiger partial charge in [-0.05, 0) is 0 Å². The molecule has 0 aliphatic carbocycles. The van der Waals surface area contributed by atoms with Crippen LogP contribution in [0, 0.1) is 67.6 Å². The van der Waals surface area contributed by atoms with Gasteiger partial charge in [0, 0.05) is 0 Å². The average molecular weight is 340 g/mol. The molecule has 0 aromatic carbocycles. The molecule has 5 heteroatoms. The Kier molecular flexibility index (Phi) is 97.8. The molecule has 24 valence electrons. The fourth-order valence-electron chi connectivity index (χ4n) is 0. The molecule has 0 saturated carbocycles. The third-order valence-electron chi connectivity index (χ3n) is 0. The van der Waals surface area contributed by atoms with Crippen molar-refractivity contribution in [1.82, 2.24) is 0 Å². The monoisotopic (exact) mass is 340 g/mol. The first-order valence-corrected chi connectivity index (χ1v) is 3.43. The van der Waals surface area contributed by atoms with Gasteiger partial charge < -0.3 is 0 Å². The summed E-state index contributed by atoms with van der Waals surface area (Å²) in [5.41, 5.74) is 0. The van der Waals surface area contributed by atoms with Crippen molar-refractivity contribution in [2.75, 3.05) is 0 Å². The van der Waals surface area contributed by atoms with E-state index in [-0.39, 0.29) is 85.0 Å². The van der Waals surface area contributed by atoms with Crippen molar-refractivity contribution in [2.45, 2.75) is 0 Å². The van der Waals surface area contributed by atoms with E-state index in [9.17, 15) is 0 Å². The number of hydrogen-bond donors (Lipinski definition) is 0. The van der Waals surface area contributed by atoms with E-state index < -0.39 is 0 Å². The van der Waals surface area contributed by atoms with Crippen LogP contribution in [0.2, 0.25) is 0 Å². The van der Waals surface area contributed by atoms with Gasteiger partial charge in [0.2, 0.25) is 0 Å². The first-order valence-electron chi connectivity index (χ1n) is 0.471. The van der Waals surface area contributed by atoms with Crippen LogP contribution in [0.3, 0.4) is 0 Å². The van der Waals surface area contributed by atoms with E-state index in [0.717, 1.165) is 0 Å². The quantitative estimate of drug-likeness (QED) is 0.508. The summed E-state index contributed by atoms with van der Waals surface area (Å²) in [7, 11) is 0. The number of hydrogen-bond acceptors (Lipinski definition) is 2. The molecule has 2 nitrogen and oxygen atoms in total. The van der Waals surface area contributed by atoms with Crippen LogP contribution in [0.1, 0.15) is 0 Å². The summed E-state index contributed by atoms with van der Waals surface area (Å²) in [5.74, 6) is 0. The molecule has 0 bridgehead atoms. The standard InChI is InChI=1S/Al.2La.2O.3H. The van der Waals surface area contributed by atoms with Crippen LogP contribution in [0.5, 0.6) is 0 Å². The fourth-order valence-corrected chi connectivity index (χ4v) is 0. The Morgan fingerprint density at radius 3 is 0.800 bits per heavy atom. The second-order valence-electron chi connectivity index (χ2n) is 0. The van der Waals surface area contributed by atoms with Crippen molar-refractivity contribution < 1.29 is 71.0 Å². The van der Waals surface area contributed by atoms with Crippen LogP contribution < -0.4 is 0 Å². The molecule has 0 unspecified atom stereocenters. The Morgan fingerprint density at radius 1 is 0.800 bits per heavy atom. The van der Waals surface area contributed by atoms with Crippen molar-refractivity contribution in [1.29, 1.82) is 0 Å². The molecule has 0 aromatic heterocycles. The predicted molar refractivity (Wildman–Crippen MR) is 11.3 cm³/mol. The van der Waals surface area contributed by atoms with E-state index in [1.54, 1.807) is 0 Å². The third kappa shape index (κ3) is 21.0. The predicted octanol–water partition coefficient (Wildman–Crippen LogP) is -1.42. The maximum atomic E-state index is 8.42. The summed E-state index contributed by atoms with van der Waals surface area (Å²) in [5, 5.41) is 0. The van der Waals surface area contributed by atoms with Gasteiger partial charge in [0.25, 0.3) is 0 Å². The maximum absolute atomic E-state index is 8.42. The number of rotatable bonds is 0. The van der Waals surface area contributed by atoms with Crippen LogP contribution in [0.15, 0.2) is 0 Å². The van der Waals surface area contributed by atoms with Crippen LogP contribution >= 0.6 is 0 Å². The van der Waals surface area contributed by atoms with E-state index in [2.05, 4.69) is 0 Å². The van der Waals surface area contributed by atoms with Crippen molar-refractivity contribution in [3.05, 3.63) is 0 Å². The van der Waals surface area contributed by atoms with Crippen LogP contribution in [-0.2, 0) is 3.39 Å². The van der Waals surface area contributed by atoms with Gasteiger partial charge in [-0.15, -0.1) is 0 Å². The van der Waals surface area contributed by atoms with E-state index in [4.69, 9.17) is 3.39 Å². The fraction of sp³-hybridized carbons (Fsp3) is 0. The Hall–Kier alpha value is 2.52. The van der Waals surface area contributed by atoms with Crippen molar-refractivity contribution in [3.63, 3.8) is 0 Å². The SMILES string of the molecule is [AlH3].[O]=[La].[O]=[La]. The van der Waals surface area contributed by atoms with E-state index in [1.807, 2.05) is 0 Å². The summed E-state index contributed by atoms with van der Waals surface area (Å²) in [4.78, 5) is 0. The molecule has 0 radical (unpaired) electrons. The Balaban J connectivity index is -0.0000000133. The molecule has 0 aromatic rings. The third-order valence-corrected chi connectivity index (χ3v) is 0. The normalized spacial score (nSPS) is 2.40. The van der Waals surface area contributed by atoms with Gasteiger partial charge in [0.05, 0.1) is 0 Å². The van der Waals surface area contributed by atoms with E-state index in [0.29, 0.717) is 0 Å². The molecule has 0 aliphatic rings. The zero-order chi connectivity index (χ0) is 4.00. The molecule has 5 heavy (non-hydrogen) atoms. The van der Waals surface area contributed by atoms with Gasteiger partial charge in [-0.3, -0.25) is 0 Å². The molecule has 0 saturated heterocycles. The first kappa shape index (κ1) is 15.6. The minimum absolute atomic E-state index is 0. The summed E-state index contributed by atoms with van der Waals surface area (Å²) < 4.78 is 16.8.